The van der Waals surface area contributed by atoms with E-state index in [1.165, 1.54) is 24.5 Å². The standard InChI is InChI=1S/C20H24FNO2/c21-18-7-4-6-17(14-18)20-9-1-2-10-22(20)15-16-5-3-8-19(13-16)24-12-11-23/h3-8,13-14,20,23H,1-2,9-12,15H2/t20-/m1/s1. The van der Waals surface area contributed by atoms with E-state index in [1.807, 2.05) is 24.3 Å². The Balaban J connectivity index is 1.74. The lowest BCUT2D eigenvalue weighted by atomic mass is 9.94. The molecule has 0 radical (unpaired) electrons. The number of aliphatic hydroxyl groups is 1. The van der Waals surface area contributed by atoms with Gasteiger partial charge in [-0.1, -0.05) is 30.7 Å². The third kappa shape index (κ3) is 4.34. The zero-order chi connectivity index (χ0) is 16.8. The molecule has 2 aromatic rings. The zero-order valence-corrected chi connectivity index (χ0v) is 13.8. The van der Waals surface area contributed by atoms with Gasteiger partial charge in [0.2, 0.25) is 0 Å². The summed E-state index contributed by atoms with van der Waals surface area (Å²) in [5.74, 6) is 0.610. The minimum Gasteiger partial charge on any atom is -0.491 e. The van der Waals surface area contributed by atoms with Crippen molar-refractivity contribution in [3.05, 3.63) is 65.5 Å². The first-order chi connectivity index (χ1) is 11.8. The minimum absolute atomic E-state index is 0.0119. The second-order valence-electron chi connectivity index (χ2n) is 6.26. The molecule has 4 heteroatoms. The van der Waals surface area contributed by atoms with Crippen LogP contribution in [0.1, 0.15) is 36.4 Å². The van der Waals surface area contributed by atoms with Crippen molar-refractivity contribution >= 4 is 0 Å². The molecular formula is C20H24FNO2. The summed E-state index contributed by atoms with van der Waals surface area (Å²) in [5.41, 5.74) is 2.23. The Morgan fingerprint density at radius 2 is 2.00 bits per heavy atom. The third-order valence-corrected chi connectivity index (χ3v) is 4.49. The fraction of sp³-hybridized carbons (Fsp3) is 0.400. The number of aliphatic hydroxyl groups excluding tert-OH is 1. The van der Waals surface area contributed by atoms with E-state index in [9.17, 15) is 4.39 Å². The molecule has 1 aliphatic heterocycles. The number of piperidine rings is 1. The Bertz CT molecular complexity index is 662. The van der Waals surface area contributed by atoms with Crippen LogP contribution in [-0.4, -0.2) is 29.8 Å². The first-order valence-electron chi connectivity index (χ1n) is 8.58. The SMILES string of the molecule is OCCOc1cccc(CN2CCCC[C@@H]2c2cccc(F)c2)c1. The second-order valence-corrected chi connectivity index (χ2v) is 6.26. The summed E-state index contributed by atoms with van der Waals surface area (Å²) in [4.78, 5) is 2.42. The van der Waals surface area contributed by atoms with Gasteiger partial charge in [0, 0.05) is 12.6 Å². The van der Waals surface area contributed by atoms with Gasteiger partial charge < -0.3 is 9.84 Å². The van der Waals surface area contributed by atoms with Crippen molar-refractivity contribution in [1.29, 1.82) is 0 Å². The quantitative estimate of drug-likeness (QED) is 0.872. The molecular weight excluding hydrogens is 305 g/mol. The highest BCUT2D eigenvalue weighted by Gasteiger charge is 2.24. The van der Waals surface area contributed by atoms with Gasteiger partial charge in [-0.3, -0.25) is 4.90 Å². The van der Waals surface area contributed by atoms with Gasteiger partial charge in [0.15, 0.2) is 0 Å². The van der Waals surface area contributed by atoms with Crippen molar-refractivity contribution in [3.8, 4) is 5.75 Å². The Morgan fingerprint density at radius 1 is 1.12 bits per heavy atom. The smallest absolute Gasteiger partial charge is 0.123 e. The summed E-state index contributed by atoms with van der Waals surface area (Å²) in [6, 6.07) is 15.2. The van der Waals surface area contributed by atoms with Gasteiger partial charge in [0.1, 0.15) is 18.2 Å². The maximum absolute atomic E-state index is 13.6. The Morgan fingerprint density at radius 3 is 2.83 bits per heavy atom. The lowest BCUT2D eigenvalue weighted by Crippen LogP contribution is -2.33. The summed E-state index contributed by atoms with van der Waals surface area (Å²) in [6.45, 7) is 2.15. The first kappa shape index (κ1) is 16.9. The predicted octanol–water partition coefficient (Wildman–Crippen LogP) is 3.92. The van der Waals surface area contributed by atoms with E-state index in [1.54, 1.807) is 12.1 Å². The Kier molecular flexibility index (Phi) is 5.83. The minimum atomic E-state index is -0.169. The van der Waals surface area contributed by atoms with Crippen LogP contribution in [0.5, 0.6) is 5.75 Å². The molecule has 0 unspecified atom stereocenters. The topological polar surface area (TPSA) is 32.7 Å². The van der Waals surface area contributed by atoms with E-state index in [0.717, 1.165) is 30.8 Å². The number of likely N-dealkylation sites (tertiary alicyclic amines) is 1. The van der Waals surface area contributed by atoms with E-state index in [4.69, 9.17) is 9.84 Å². The molecule has 2 aromatic carbocycles. The van der Waals surface area contributed by atoms with E-state index in [0.29, 0.717) is 6.61 Å². The number of hydrogen-bond donors (Lipinski definition) is 1. The molecule has 0 bridgehead atoms. The van der Waals surface area contributed by atoms with Crippen molar-refractivity contribution in [2.75, 3.05) is 19.8 Å². The van der Waals surface area contributed by atoms with Gasteiger partial charge in [-0.2, -0.15) is 0 Å². The Labute approximate surface area is 142 Å². The van der Waals surface area contributed by atoms with Crippen LogP contribution < -0.4 is 4.74 Å². The van der Waals surface area contributed by atoms with Gasteiger partial charge in [-0.25, -0.2) is 4.39 Å². The fourth-order valence-electron chi connectivity index (χ4n) is 3.40. The molecule has 3 nitrogen and oxygen atoms in total. The van der Waals surface area contributed by atoms with Crippen molar-refractivity contribution in [2.45, 2.75) is 31.8 Å². The molecule has 1 fully saturated rings. The normalized spacial score (nSPS) is 18.5. The number of nitrogens with zero attached hydrogens (tertiary/aromatic N) is 1. The van der Waals surface area contributed by atoms with Gasteiger partial charge >= 0.3 is 0 Å². The van der Waals surface area contributed by atoms with Gasteiger partial charge in [0.05, 0.1) is 6.61 Å². The monoisotopic (exact) mass is 329 g/mol. The first-order valence-corrected chi connectivity index (χ1v) is 8.58. The van der Waals surface area contributed by atoms with Crippen LogP contribution in [0.15, 0.2) is 48.5 Å². The van der Waals surface area contributed by atoms with Crippen molar-refractivity contribution in [2.24, 2.45) is 0 Å². The zero-order valence-electron chi connectivity index (χ0n) is 13.8. The van der Waals surface area contributed by atoms with E-state index in [2.05, 4.69) is 11.0 Å². The average Bonchev–Trinajstić information content (AvgIpc) is 2.61. The molecule has 0 spiro atoms. The molecule has 128 valence electrons. The average molecular weight is 329 g/mol. The molecule has 0 aromatic heterocycles. The number of halogens is 1. The molecule has 1 saturated heterocycles. The van der Waals surface area contributed by atoms with Crippen LogP contribution in [0, 0.1) is 5.82 Å². The second kappa shape index (κ2) is 8.27. The maximum Gasteiger partial charge on any atom is 0.123 e. The fourth-order valence-corrected chi connectivity index (χ4v) is 3.40. The van der Waals surface area contributed by atoms with Crippen molar-refractivity contribution in [3.63, 3.8) is 0 Å². The van der Waals surface area contributed by atoms with Crippen LogP contribution in [0.2, 0.25) is 0 Å². The van der Waals surface area contributed by atoms with Crippen LogP contribution in [-0.2, 0) is 6.54 Å². The van der Waals surface area contributed by atoms with Gasteiger partial charge in [0.25, 0.3) is 0 Å². The molecule has 24 heavy (non-hydrogen) atoms. The predicted molar refractivity (Wildman–Crippen MR) is 92.4 cm³/mol. The number of hydrogen-bond acceptors (Lipinski definition) is 3. The number of ether oxygens (including phenoxy) is 1. The van der Waals surface area contributed by atoms with Gasteiger partial charge in [-0.15, -0.1) is 0 Å². The molecule has 1 atom stereocenters. The van der Waals surface area contributed by atoms with Crippen LogP contribution >= 0.6 is 0 Å². The highest BCUT2D eigenvalue weighted by molar-refractivity contribution is 5.29. The summed E-state index contributed by atoms with van der Waals surface area (Å²) >= 11 is 0. The van der Waals surface area contributed by atoms with Crippen molar-refractivity contribution in [1.82, 2.24) is 4.90 Å². The summed E-state index contributed by atoms with van der Waals surface area (Å²) in [6.07, 6.45) is 3.41. The maximum atomic E-state index is 13.6. The molecule has 1 N–H and O–H groups in total. The number of rotatable bonds is 6. The molecule has 3 rings (SSSR count). The van der Waals surface area contributed by atoms with Crippen LogP contribution in [0.25, 0.3) is 0 Å². The lowest BCUT2D eigenvalue weighted by Gasteiger charge is -2.36. The molecule has 1 heterocycles. The number of benzene rings is 2. The summed E-state index contributed by atoms with van der Waals surface area (Å²) in [5, 5.41) is 8.88. The van der Waals surface area contributed by atoms with Gasteiger partial charge in [-0.05, 0) is 54.8 Å². The highest BCUT2D eigenvalue weighted by atomic mass is 19.1. The van der Waals surface area contributed by atoms with E-state index >= 15 is 0 Å². The van der Waals surface area contributed by atoms with Crippen molar-refractivity contribution < 1.29 is 14.2 Å². The summed E-state index contributed by atoms with van der Waals surface area (Å²) < 4.78 is 19.1. The highest BCUT2D eigenvalue weighted by Crippen LogP contribution is 2.32. The van der Waals surface area contributed by atoms with Crippen LogP contribution in [0.4, 0.5) is 4.39 Å². The van der Waals surface area contributed by atoms with E-state index in [-0.39, 0.29) is 18.5 Å². The lowest BCUT2D eigenvalue weighted by molar-refractivity contribution is 0.140. The molecule has 0 aliphatic carbocycles. The van der Waals surface area contributed by atoms with Crippen LogP contribution in [0.3, 0.4) is 0 Å². The Hall–Kier alpha value is -1.91. The third-order valence-electron chi connectivity index (χ3n) is 4.49. The summed E-state index contributed by atoms with van der Waals surface area (Å²) in [7, 11) is 0. The molecule has 0 saturated carbocycles. The molecule has 0 amide bonds. The molecule has 1 aliphatic rings. The van der Waals surface area contributed by atoms with E-state index < -0.39 is 0 Å². The largest absolute Gasteiger partial charge is 0.491 e.